The number of nitrogens with zero attached hydrogens (tertiary/aromatic N) is 1. The molecule has 2 N–H and O–H groups in total. The van der Waals surface area contributed by atoms with Crippen molar-refractivity contribution < 1.29 is 14.6 Å². The summed E-state index contributed by atoms with van der Waals surface area (Å²) in [6.45, 7) is 1.64. The van der Waals surface area contributed by atoms with Gasteiger partial charge >= 0.3 is 0 Å². The third-order valence-electron chi connectivity index (χ3n) is 3.85. The van der Waals surface area contributed by atoms with E-state index < -0.39 is 20.8 Å². The van der Waals surface area contributed by atoms with E-state index in [9.17, 15) is 14.9 Å². The molecule has 6 nitrogen and oxygen atoms in total. The topological polar surface area (TPSA) is 76.7 Å². The first kappa shape index (κ1) is 18.3. The van der Waals surface area contributed by atoms with E-state index in [1.165, 1.54) is 24.3 Å². The average molecular weight is 382 g/mol. The SMILES string of the molecule is O=C(N[C@@H]([NH+]1CCCCC1)C(Cl)(Cl)Cl)c1ccc([N+](=O)[O-])cc1. The van der Waals surface area contributed by atoms with Crippen LogP contribution in [0.3, 0.4) is 0 Å². The number of nitro benzene ring substituents is 1. The molecule has 23 heavy (non-hydrogen) atoms. The van der Waals surface area contributed by atoms with Crippen molar-refractivity contribution in [3.8, 4) is 0 Å². The number of nitro groups is 1. The van der Waals surface area contributed by atoms with Gasteiger partial charge in [0.15, 0.2) is 0 Å². The minimum absolute atomic E-state index is 0.0823. The third-order valence-corrected chi connectivity index (χ3v) is 4.50. The zero-order valence-electron chi connectivity index (χ0n) is 12.2. The lowest BCUT2D eigenvalue weighted by molar-refractivity contribution is -0.931. The zero-order chi connectivity index (χ0) is 17.0. The summed E-state index contributed by atoms with van der Waals surface area (Å²) >= 11 is 18.1. The average Bonchev–Trinajstić information content (AvgIpc) is 2.52. The quantitative estimate of drug-likeness (QED) is 0.476. The standard InChI is InChI=1S/C14H16Cl3N3O3/c15-14(16,17)13(19-8-2-1-3-9-19)18-12(21)10-4-6-11(7-5-10)20(22)23/h4-7,13H,1-3,8-9H2,(H,18,21)/p+1/t13-/m0/s1. The summed E-state index contributed by atoms with van der Waals surface area (Å²) in [7, 11) is 0. The Labute approximate surface area is 148 Å². The van der Waals surface area contributed by atoms with Gasteiger partial charge in [-0.3, -0.25) is 20.2 Å². The molecular weight excluding hydrogens is 365 g/mol. The molecule has 0 aromatic heterocycles. The molecule has 1 saturated heterocycles. The first-order chi connectivity index (χ1) is 10.8. The lowest BCUT2D eigenvalue weighted by Crippen LogP contribution is -3.20. The Morgan fingerprint density at radius 1 is 1.17 bits per heavy atom. The van der Waals surface area contributed by atoms with Gasteiger partial charge in [-0.2, -0.15) is 0 Å². The molecule has 0 radical (unpaired) electrons. The van der Waals surface area contributed by atoms with Crippen molar-refractivity contribution >= 4 is 46.4 Å². The highest BCUT2D eigenvalue weighted by Gasteiger charge is 2.42. The Bertz CT molecular complexity index is 569. The van der Waals surface area contributed by atoms with Gasteiger partial charge in [-0.1, -0.05) is 34.8 Å². The molecule has 1 aliphatic rings. The summed E-state index contributed by atoms with van der Waals surface area (Å²) in [5.74, 6) is -0.422. The van der Waals surface area contributed by atoms with Crippen LogP contribution >= 0.6 is 34.8 Å². The summed E-state index contributed by atoms with van der Waals surface area (Å²) in [5.41, 5.74) is 0.201. The van der Waals surface area contributed by atoms with Crippen LogP contribution in [0.5, 0.6) is 0 Å². The zero-order valence-corrected chi connectivity index (χ0v) is 14.5. The minimum Gasteiger partial charge on any atom is -0.312 e. The number of hydrogen-bond donors (Lipinski definition) is 2. The summed E-state index contributed by atoms with van der Waals surface area (Å²) < 4.78 is -1.64. The van der Waals surface area contributed by atoms with Gasteiger partial charge in [0.05, 0.1) is 18.0 Å². The van der Waals surface area contributed by atoms with Crippen LogP contribution < -0.4 is 10.2 Å². The lowest BCUT2D eigenvalue weighted by Gasteiger charge is -2.35. The number of benzene rings is 1. The molecule has 1 heterocycles. The number of rotatable bonds is 4. The lowest BCUT2D eigenvalue weighted by atomic mass is 10.1. The summed E-state index contributed by atoms with van der Waals surface area (Å²) in [6, 6.07) is 5.31. The Morgan fingerprint density at radius 3 is 2.22 bits per heavy atom. The second-order valence-corrected chi connectivity index (χ2v) is 7.84. The number of carbonyl (C=O) groups is 1. The van der Waals surface area contributed by atoms with Gasteiger partial charge in [0.25, 0.3) is 15.4 Å². The van der Waals surface area contributed by atoms with E-state index in [-0.39, 0.29) is 11.3 Å². The number of hydrogen-bond acceptors (Lipinski definition) is 3. The molecule has 0 unspecified atom stereocenters. The Hall–Kier alpha value is -1.08. The molecule has 1 amide bonds. The van der Waals surface area contributed by atoms with Crippen LogP contribution in [0.25, 0.3) is 0 Å². The number of alkyl halides is 3. The number of non-ortho nitro benzene ring substituents is 1. The predicted molar refractivity (Wildman–Crippen MR) is 89.2 cm³/mol. The first-order valence-electron chi connectivity index (χ1n) is 7.25. The maximum absolute atomic E-state index is 12.4. The van der Waals surface area contributed by atoms with Crippen molar-refractivity contribution in [2.75, 3.05) is 13.1 Å². The normalized spacial score (nSPS) is 17.5. The van der Waals surface area contributed by atoms with Gasteiger partial charge in [0.2, 0.25) is 6.17 Å². The smallest absolute Gasteiger partial charge is 0.269 e. The summed E-state index contributed by atoms with van der Waals surface area (Å²) in [6.07, 6.45) is 2.49. The molecule has 9 heteroatoms. The van der Waals surface area contributed by atoms with E-state index in [0.29, 0.717) is 0 Å². The molecule has 0 bridgehead atoms. The van der Waals surface area contributed by atoms with Crippen LogP contribution in [-0.2, 0) is 0 Å². The fourth-order valence-electron chi connectivity index (χ4n) is 2.66. The molecule has 126 valence electrons. The van der Waals surface area contributed by atoms with Crippen molar-refractivity contribution in [2.45, 2.75) is 29.2 Å². The molecular formula is C14H17Cl3N3O3+. The van der Waals surface area contributed by atoms with Crippen LogP contribution in [-0.4, -0.2) is 33.9 Å². The monoisotopic (exact) mass is 380 g/mol. The number of likely N-dealkylation sites (tertiary alicyclic amines) is 1. The van der Waals surface area contributed by atoms with Crippen LogP contribution in [0, 0.1) is 10.1 Å². The minimum atomic E-state index is -1.64. The summed E-state index contributed by atoms with van der Waals surface area (Å²) in [4.78, 5) is 23.5. The maximum atomic E-state index is 12.4. The highest BCUT2D eigenvalue weighted by atomic mass is 35.6. The third kappa shape index (κ3) is 4.94. The van der Waals surface area contributed by atoms with E-state index in [0.717, 1.165) is 37.3 Å². The van der Waals surface area contributed by atoms with E-state index in [1.807, 2.05) is 0 Å². The molecule has 1 aromatic carbocycles. The van der Waals surface area contributed by atoms with Crippen molar-refractivity contribution in [3.63, 3.8) is 0 Å². The number of halogens is 3. The predicted octanol–water partition coefficient (Wildman–Crippen LogP) is 2.09. The Morgan fingerprint density at radius 2 is 1.74 bits per heavy atom. The van der Waals surface area contributed by atoms with Gasteiger partial charge in [-0.05, 0) is 31.4 Å². The number of amides is 1. The van der Waals surface area contributed by atoms with Crippen molar-refractivity contribution in [3.05, 3.63) is 39.9 Å². The molecule has 2 rings (SSSR count). The number of nitrogens with one attached hydrogen (secondary N) is 2. The van der Waals surface area contributed by atoms with Crippen LogP contribution in [0.1, 0.15) is 29.6 Å². The van der Waals surface area contributed by atoms with E-state index in [1.54, 1.807) is 0 Å². The van der Waals surface area contributed by atoms with Gasteiger partial charge in [0.1, 0.15) is 0 Å². The van der Waals surface area contributed by atoms with Gasteiger partial charge < -0.3 is 4.90 Å². The molecule has 1 aliphatic heterocycles. The Kier molecular flexibility index (Phi) is 6.08. The second-order valence-electron chi connectivity index (χ2n) is 5.47. The van der Waals surface area contributed by atoms with Gasteiger partial charge in [-0.25, -0.2) is 0 Å². The van der Waals surface area contributed by atoms with E-state index in [4.69, 9.17) is 34.8 Å². The highest BCUT2D eigenvalue weighted by Crippen LogP contribution is 2.28. The van der Waals surface area contributed by atoms with Crippen molar-refractivity contribution in [2.24, 2.45) is 0 Å². The molecule has 1 atom stereocenters. The van der Waals surface area contributed by atoms with E-state index in [2.05, 4.69) is 5.32 Å². The first-order valence-corrected chi connectivity index (χ1v) is 8.39. The van der Waals surface area contributed by atoms with Crippen molar-refractivity contribution in [1.29, 1.82) is 0 Å². The van der Waals surface area contributed by atoms with Crippen LogP contribution in [0.4, 0.5) is 5.69 Å². The van der Waals surface area contributed by atoms with E-state index >= 15 is 0 Å². The number of quaternary nitrogens is 1. The number of carbonyl (C=O) groups excluding carboxylic acids is 1. The molecule has 0 aliphatic carbocycles. The van der Waals surface area contributed by atoms with Crippen LogP contribution in [0.15, 0.2) is 24.3 Å². The van der Waals surface area contributed by atoms with Crippen molar-refractivity contribution in [1.82, 2.24) is 5.32 Å². The van der Waals surface area contributed by atoms with Crippen LogP contribution in [0.2, 0.25) is 0 Å². The largest absolute Gasteiger partial charge is 0.312 e. The fourth-order valence-corrected chi connectivity index (χ4v) is 3.29. The van der Waals surface area contributed by atoms with Gasteiger partial charge in [-0.15, -0.1) is 0 Å². The molecule has 0 saturated carbocycles. The fraction of sp³-hybridized carbons (Fsp3) is 0.500. The maximum Gasteiger partial charge on any atom is 0.269 e. The summed E-state index contributed by atoms with van der Waals surface area (Å²) in [5, 5.41) is 13.4. The molecule has 1 aromatic rings. The Balaban J connectivity index is 2.11. The molecule has 0 spiro atoms. The van der Waals surface area contributed by atoms with Gasteiger partial charge in [0, 0.05) is 17.7 Å². The second kappa shape index (κ2) is 7.66. The molecule has 1 fully saturated rings. The number of piperidine rings is 1. The highest BCUT2D eigenvalue weighted by molar-refractivity contribution is 6.68.